The van der Waals surface area contributed by atoms with E-state index in [0.29, 0.717) is 0 Å². The molecule has 10 aromatic carbocycles. The average molecular weight is 991 g/mol. The third-order valence-corrected chi connectivity index (χ3v) is 11.9. The van der Waals surface area contributed by atoms with Crippen LogP contribution in [0.4, 0.5) is 0 Å². The fourth-order valence-corrected chi connectivity index (χ4v) is 8.39. The molecule has 0 bridgehead atoms. The number of hydrogen-bond acceptors (Lipinski definition) is 6. The zero-order chi connectivity index (χ0) is 45.3. The molecule has 318 valence electrons. The molecule has 12 heteroatoms. The Hall–Kier alpha value is -3.00. The van der Waals surface area contributed by atoms with E-state index in [9.17, 15) is 30.6 Å². The smallest absolute Gasteiger partial charge is 0.872 e. The van der Waals surface area contributed by atoms with Crippen molar-refractivity contribution in [2.45, 2.75) is 0 Å². The second kappa shape index (κ2) is 27.7. The minimum Gasteiger partial charge on any atom is -0.872 e. The summed E-state index contributed by atoms with van der Waals surface area (Å²) in [5.41, 5.74) is 15.6. The minimum atomic E-state index is -0.0948. The molecule has 0 unspecified atom stereocenters. The molecule has 0 saturated heterocycles. The summed E-state index contributed by atoms with van der Waals surface area (Å²) in [6.07, 6.45) is 0. The Kier molecular flexibility index (Phi) is 23.7. The molecular formula is C60H36Na6O6. The topological polar surface area (TPSA) is 138 Å². The molecule has 0 aromatic heterocycles. The Morgan fingerprint density at radius 1 is 0.125 bits per heavy atom. The van der Waals surface area contributed by atoms with Crippen molar-refractivity contribution in [1.82, 2.24) is 0 Å². The van der Waals surface area contributed by atoms with Crippen molar-refractivity contribution in [3.8, 4) is 135 Å². The van der Waals surface area contributed by atoms with Gasteiger partial charge in [-0.15, -0.1) is 34.5 Å². The molecule has 0 aliphatic carbocycles. The van der Waals surface area contributed by atoms with Gasteiger partial charge in [0.2, 0.25) is 0 Å². The molecular weight excluding hydrogens is 955 g/mol. The van der Waals surface area contributed by atoms with Gasteiger partial charge in [-0.2, -0.15) is 0 Å². The predicted octanol–water partition coefficient (Wildman–Crippen LogP) is -6.84. The maximum Gasteiger partial charge on any atom is 1.00 e. The SMILES string of the molecule is [Na+].[Na+].[Na+].[Na+].[Na+].[Na+].[O-]c1ccc(-c2cc(-c3ccc([O-])cc3)cc(-c3cc(-c4cc(-c5ccc([O-])cc5)cc(-c5ccc([O-])cc5)c4)cc(-c4cc(-c5ccc([O-])cc5)cc(-c5ccc([O-])cc5)c4)c3)c2)cc1. The van der Waals surface area contributed by atoms with Gasteiger partial charge in [-0.05, 0) is 173 Å². The van der Waals surface area contributed by atoms with E-state index in [1.54, 1.807) is 72.8 Å². The van der Waals surface area contributed by atoms with Crippen LogP contribution in [0.5, 0.6) is 34.5 Å². The summed E-state index contributed by atoms with van der Waals surface area (Å²) < 4.78 is 0. The molecule has 0 radical (unpaired) electrons. The van der Waals surface area contributed by atoms with Crippen LogP contribution in [-0.4, -0.2) is 0 Å². The molecule has 0 aliphatic rings. The molecule has 0 heterocycles. The summed E-state index contributed by atoms with van der Waals surface area (Å²) in [4.78, 5) is 0. The maximum absolute atomic E-state index is 12.2. The zero-order valence-corrected chi connectivity index (χ0v) is 53.2. The fourth-order valence-electron chi connectivity index (χ4n) is 8.39. The number of rotatable bonds is 9. The molecule has 0 saturated carbocycles. The van der Waals surface area contributed by atoms with E-state index in [0.717, 1.165) is 100 Å². The first kappa shape index (κ1) is 61.5. The van der Waals surface area contributed by atoms with Crippen LogP contribution in [-0.2, 0) is 0 Å². The van der Waals surface area contributed by atoms with E-state index in [4.69, 9.17) is 0 Å². The predicted molar refractivity (Wildman–Crippen MR) is 252 cm³/mol. The van der Waals surface area contributed by atoms with Gasteiger partial charge < -0.3 is 30.6 Å². The first-order chi connectivity index (χ1) is 32.1. The van der Waals surface area contributed by atoms with E-state index in [1.807, 2.05) is 72.8 Å². The van der Waals surface area contributed by atoms with Crippen LogP contribution in [0.3, 0.4) is 0 Å². The van der Waals surface area contributed by atoms with Gasteiger partial charge in [0.25, 0.3) is 0 Å². The second-order valence-corrected chi connectivity index (χ2v) is 16.3. The van der Waals surface area contributed by atoms with Gasteiger partial charge in [-0.25, -0.2) is 0 Å². The molecule has 0 spiro atoms. The average Bonchev–Trinajstić information content (AvgIpc) is 3.35. The quantitative estimate of drug-likeness (QED) is 0.132. The molecule has 0 fully saturated rings. The molecule has 0 atom stereocenters. The van der Waals surface area contributed by atoms with Gasteiger partial charge in [0, 0.05) is 0 Å². The number of benzene rings is 10. The van der Waals surface area contributed by atoms with Gasteiger partial charge in [0.1, 0.15) is 0 Å². The standard InChI is InChI=1S/C60H42O6.6Na/c61-55-13-1-37(2-14-55)43-25-44(38-3-15-56(62)16-4-38)29-49(28-43)52-34-53(50-30-45(39-5-17-57(63)18-6-39)26-46(31-50)40-7-19-58(64)20-8-40)36-54(35-52)51-32-47(41-9-21-59(65)22-10-41)27-48(33-51)42-11-23-60(66)24-12-42;;;;;;/h1-36,61-66H;;;;;;/q;6*+1/p-6. The van der Waals surface area contributed by atoms with E-state index in [2.05, 4.69) is 72.8 Å². The van der Waals surface area contributed by atoms with E-state index < -0.39 is 0 Å². The third kappa shape index (κ3) is 14.7. The van der Waals surface area contributed by atoms with Crippen LogP contribution in [0.25, 0.3) is 100 Å². The van der Waals surface area contributed by atoms with Gasteiger partial charge in [-0.3, -0.25) is 0 Å². The van der Waals surface area contributed by atoms with E-state index in [1.165, 1.54) is 0 Å². The summed E-state index contributed by atoms with van der Waals surface area (Å²) in [7, 11) is 0. The monoisotopic (exact) mass is 990 g/mol. The summed E-state index contributed by atoms with van der Waals surface area (Å²) in [6, 6.07) is 65.5. The van der Waals surface area contributed by atoms with Crippen LogP contribution in [0.2, 0.25) is 0 Å². The van der Waals surface area contributed by atoms with Gasteiger partial charge in [0.15, 0.2) is 0 Å². The number of hydrogen-bond donors (Lipinski definition) is 0. The summed E-state index contributed by atoms with van der Waals surface area (Å²) >= 11 is 0. The molecule has 10 rings (SSSR count). The van der Waals surface area contributed by atoms with E-state index >= 15 is 0 Å². The van der Waals surface area contributed by atoms with E-state index in [-0.39, 0.29) is 212 Å². The van der Waals surface area contributed by atoms with Crippen LogP contribution in [0.1, 0.15) is 0 Å². The summed E-state index contributed by atoms with van der Waals surface area (Å²) in [5.74, 6) is -0.569. The molecule has 0 aliphatic heterocycles. The fraction of sp³-hybridized carbons (Fsp3) is 0. The Morgan fingerprint density at radius 3 is 0.306 bits per heavy atom. The minimum absolute atomic E-state index is 0. The maximum atomic E-state index is 12.2. The molecule has 0 N–H and O–H groups in total. The van der Waals surface area contributed by atoms with Crippen LogP contribution < -0.4 is 208 Å². The van der Waals surface area contributed by atoms with Crippen molar-refractivity contribution >= 4 is 0 Å². The Bertz CT molecular complexity index is 2820. The van der Waals surface area contributed by atoms with Crippen molar-refractivity contribution in [1.29, 1.82) is 0 Å². The van der Waals surface area contributed by atoms with Crippen LogP contribution in [0, 0.1) is 0 Å². The van der Waals surface area contributed by atoms with Gasteiger partial charge in [0.05, 0.1) is 0 Å². The largest absolute Gasteiger partial charge is 1.00 e. The molecule has 0 amide bonds. The normalized spacial score (nSPS) is 10.2. The molecule has 72 heavy (non-hydrogen) atoms. The van der Waals surface area contributed by atoms with Crippen molar-refractivity contribution in [3.05, 3.63) is 218 Å². The first-order valence-electron chi connectivity index (χ1n) is 21.3. The Morgan fingerprint density at radius 2 is 0.208 bits per heavy atom. The third-order valence-electron chi connectivity index (χ3n) is 11.9. The van der Waals surface area contributed by atoms with Crippen molar-refractivity contribution in [3.63, 3.8) is 0 Å². The van der Waals surface area contributed by atoms with Gasteiger partial charge >= 0.3 is 177 Å². The first-order valence-corrected chi connectivity index (χ1v) is 21.3. The van der Waals surface area contributed by atoms with Crippen molar-refractivity contribution in [2.75, 3.05) is 0 Å². The van der Waals surface area contributed by atoms with Crippen LogP contribution in [0.15, 0.2) is 218 Å². The summed E-state index contributed by atoms with van der Waals surface area (Å²) in [5, 5.41) is 73.4. The van der Waals surface area contributed by atoms with Crippen molar-refractivity contribution < 1.29 is 208 Å². The van der Waals surface area contributed by atoms with Gasteiger partial charge in [-0.1, -0.05) is 146 Å². The zero-order valence-electron chi connectivity index (χ0n) is 41.2. The summed E-state index contributed by atoms with van der Waals surface area (Å²) in [6.45, 7) is 0. The van der Waals surface area contributed by atoms with Crippen molar-refractivity contribution in [2.24, 2.45) is 0 Å². The van der Waals surface area contributed by atoms with Crippen LogP contribution >= 0.6 is 0 Å². The second-order valence-electron chi connectivity index (χ2n) is 16.3. The Balaban J connectivity index is 0.00000187. The Labute approximate surface area is 552 Å². The molecule has 6 nitrogen and oxygen atoms in total. The molecule has 10 aromatic rings.